The molecule has 8 atom stereocenters. The zero-order chi connectivity index (χ0) is 9.66. The van der Waals surface area contributed by atoms with E-state index in [2.05, 4.69) is 20.8 Å². The van der Waals surface area contributed by atoms with Crippen LogP contribution in [0.5, 0.6) is 0 Å². The molecule has 0 spiro atoms. The van der Waals surface area contributed by atoms with E-state index in [4.69, 9.17) is 9.47 Å². The first-order valence-electron chi connectivity index (χ1n) is 5.95. The van der Waals surface area contributed by atoms with E-state index in [-0.39, 0.29) is 5.60 Å². The zero-order valence-corrected chi connectivity index (χ0v) is 9.07. The Bertz CT molecular complexity index is 303. The van der Waals surface area contributed by atoms with Crippen LogP contribution in [0.1, 0.15) is 27.2 Å². The van der Waals surface area contributed by atoms with E-state index in [0.717, 1.165) is 23.7 Å². The summed E-state index contributed by atoms with van der Waals surface area (Å²) in [5.41, 5.74) is 0.249. The first kappa shape index (κ1) is 8.12. The molecule has 4 aliphatic rings. The van der Waals surface area contributed by atoms with Crippen molar-refractivity contribution in [3.05, 3.63) is 0 Å². The van der Waals surface area contributed by atoms with Gasteiger partial charge in [-0.1, -0.05) is 6.92 Å². The molecule has 2 bridgehead atoms. The van der Waals surface area contributed by atoms with E-state index in [1.165, 1.54) is 6.42 Å². The summed E-state index contributed by atoms with van der Waals surface area (Å²) in [4.78, 5) is 0. The molecule has 0 amide bonds. The van der Waals surface area contributed by atoms with Crippen molar-refractivity contribution in [1.29, 1.82) is 0 Å². The molecule has 78 valence electrons. The third kappa shape index (κ3) is 0.674. The van der Waals surface area contributed by atoms with Crippen molar-refractivity contribution in [2.45, 2.75) is 51.1 Å². The van der Waals surface area contributed by atoms with Gasteiger partial charge in [0.15, 0.2) is 0 Å². The molecule has 0 aromatic carbocycles. The highest BCUT2D eigenvalue weighted by atomic mass is 16.6. The fourth-order valence-corrected chi connectivity index (χ4v) is 4.83. The van der Waals surface area contributed by atoms with Gasteiger partial charge in [-0.2, -0.15) is 0 Å². The van der Waals surface area contributed by atoms with Crippen LogP contribution in [-0.4, -0.2) is 23.9 Å². The number of epoxide rings is 1. The molecule has 2 heterocycles. The second-order valence-corrected chi connectivity index (χ2v) is 6.04. The Labute approximate surface area is 85.0 Å². The van der Waals surface area contributed by atoms with Gasteiger partial charge < -0.3 is 9.47 Å². The van der Waals surface area contributed by atoms with Crippen LogP contribution in [0.15, 0.2) is 0 Å². The molecule has 2 saturated carbocycles. The van der Waals surface area contributed by atoms with Gasteiger partial charge in [0.25, 0.3) is 0 Å². The zero-order valence-electron chi connectivity index (χ0n) is 9.07. The van der Waals surface area contributed by atoms with Crippen LogP contribution in [0.4, 0.5) is 0 Å². The van der Waals surface area contributed by atoms with Crippen LogP contribution in [0.25, 0.3) is 0 Å². The van der Waals surface area contributed by atoms with Gasteiger partial charge in [-0.15, -0.1) is 0 Å². The first-order valence-corrected chi connectivity index (χ1v) is 5.95. The standard InChI is InChI=1S/C12H18O2/c1-5-8-6(2)13-10(5)9-7(8)4-12(3)11(9)14-12/h5-11H,4H2,1-3H3. The summed E-state index contributed by atoms with van der Waals surface area (Å²) in [6.07, 6.45) is 2.84. The molecular formula is C12H18O2. The second-order valence-electron chi connectivity index (χ2n) is 6.04. The number of ether oxygens (including phenoxy) is 2. The predicted molar refractivity (Wildman–Crippen MR) is 51.9 cm³/mol. The first-order chi connectivity index (χ1) is 6.62. The molecule has 2 nitrogen and oxygen atoms in total. The molecule has 2 aliphatic carbocycles. The van der Waals surface area contributed by atoms with Crippen molar-refractivity contribution in [3.63, 3.8) is 0 Å². The lowest BCUT2D eigenvalue weighted by atomic mass is 9.84. The van der Waals surface area contributed by atoms with Gasteiger partial charge >= 0.3 is 0 Å². The Morgan fingerprint density at radius 2 is 2.00 bits per heavy atom. The summed E-state index contributed by atoms with van der Waals surface area (Å²) < 4.78 is 11.9. The largest absolute Gasteiger partial charge is 0.374 e. The number of hydrogen-bond acceptors (Lipinski definition) is 2. The van der Waals surface area contributed by atoms with Gasteiger partial charge in [-0.3, -0.25) is 0 Å². The quantitative estimate of drug-likeness (QED) is 0.549. The molecule has 8 unspecified atom stereocenters. The van der Waals surface area contributed by atoms with Crippen LogP contribution >= 0.6 is 0 Å². The summed E-state index contributed by atoms with van der Waals surface area (Å²) in [5, 5.41) is 0. The highest BCUT2D eigenvalue weighted by Crippen LogP contribution is 2.67. The average molecular weight is 194 g/mol. The lowest BCUT2D eigenvalue weighted by molar-refractivity contribution is -0.0590. The third-order valence-electron chi connectivity index (χ3n) is 5.34. The van der Waals surface area contributed by atoms with Crippen molar-refractivity contribution < 1.29 is 9.47 Å². The molecule has 0 radical (unpaired) electrons. The third-order valence-corrected chi connectivity index (χ3v) is 5.34. The van der Waals surface area contributed by atoms with Gasteiger partial charge in [0.1, 0.15) is 0 Å². The fourth-order valence-electron chi connectivity index (χ4n) is 4.83. The molecule has 2 saturated heterocycles. The van der Waals surface area contributed by atoms with Crippen LogP contribution in [0, 0.1) is 23.7 Å². The molecular weight excluding hydrogens is 176 g/mol. The highest BCUT2D eigenvalue weighted by molar-refractivity contribution is 5.21. The van der Waals surface area contributed by atoms with Crippen molar-refractivity contribution in [1.82, 2.24) is 0 Å². The van der Waals surface area contributed by atoms with Crippen LogP contribution in [0.2, 0.25) is 0 Å². The van der Waals surface area contributed by atoms with Crippen LogP contribution < -0.4 is 0 Å². The van der Waals surface area contributed by atoms with E-state index >= 15 is 0 Å². The maximum Gasteiger partial charge on any atom is 0.0927 e. The molecule has 2 aliphatic heterocycles. The molecule has 0 N–H and O–H groups in total. The summed E-state index contributed by atoms with van der Waals surface area (Å²) in [6.45, 7) is 6.91. The van der Waals surface area contributed by atoms with E-state index in [1.807, 2.05) is 0 Å². The van der Waals surface area contributed by atoms with Crippen molar-refractivity contribution >= 4 is 0 Å². The lowest BCUT2D eigenvalue weighted by Crippen LogP contribution is -2.33. The van der Waals surface area contributed by atoms with Crippen molar-refractivity contribution in [2.24, 2.45) is 23.7 Å². The maximum atomic E-state index is 6.05. The predicted octanol–water partition coefficient (Wildman–Crippen LogP) is 1.83. The maximum absolute atomic E-state index is 6.05. The normalized spacial score (nSPS) is 73.5. The Hall–Kier alpha value is -0.0800. The summed E-state index contributed by atoms with van der Waals surface area (Å²) in [5.74, 6) is 3.23. The second kappa shape index (κ2) is 2.05. The van der Waals surface area contributed by atoms with Gasteiger partial charge in [0, 0.05) is 5.92 Å². The minimum Gasteiger partial charge on any atom is -0.374 e. The summed E-state index contributed by atoms with van der Waals surface area (Å²) >= 11 is 0. The minimum atomic E-state index is 0.249. The summed E-state index contributed by atoms with van der Waals surface area (Å²) in [7, 11) is 0. The van der Waals surface area contributed by atoms with Gasteiger partial charge in [-0.05, 0) is 38.0 Å². The number of rotatable bonds is 0. The molecule has 14 heavy (non-hydrogen) atoms. The number of hydrogen-bond donors (Lipinski definition) is 0. The fraction of sp³-hybridized carbons (Fsp3) is 1.00. The number of fused-ring (bicyclic) bond motifs is 7. The Morgan fingerprint density at radius 3 is 2.79 bits per heavy atom. The monoisotopic (exact) mass is 194 g/mol. The molecule has 4 rings (SSSR count). The van der Waals surface area contributed by atoms with Crippen molar-refractivity contribution in [3.8, 4) is 0 Å². The smallest absolute Gasteiger partial charge is 0.0927 e. The van der Waals surface area contributed by atoms with Crippen LogP contribution in [-0.2, 0) is 9.47 Å². The Morgan fingerprint density at radius 1 is 1.21 bits per heavy atom. The van der Waals surface area contributed by atoms with E-state index in [9.17, 15) is 0 Å². The molecule has 0 aromatic heterocycles. The average Bonchev–Trinajstić information content (AvgIpc) is 2.41. The topological polar surface area (TPSA) is 21.8 Å². The van der Waals surface area contributed by atoms with Gasteiger partial charge in [0.05, 0.1) is 23.9 Å². The Balaban J connectivity index is 1.74. The van der Waals surface area contributed by atoms with E-state index in [0.29, 0.717) is 18.3 Å². The minimum absolute atomic E-state index is 0.249. The highest BCUT2D eigenvalue weighted by Gasteiger charge is 2.74. The molecule has 2 heteroatoms. The molecule has 4 fully saturated rings. The van der Waals surface area contributed by atoms with E-state index in [1.54, 1.807) is 0 Å². The van der Waals surface area contributed by atoms with Crippen LogP contribution in [0.3, 0.4) is 0 Å². The Kier molecular flexibility index (Phi) is 1.19. The summed E-state index contributed by atoms with van der Waals surface area (Å²) in [6, 6.07) is 0. The van der Waals surface area contributed by atoms with Crippen molar-refractivity contribution in [2.75, 3.05) is 0 Å². The SMILES string of the molecule is CC1OC2C(C)C1C1CC3(C)OC3C12. The van der Waals surface area contributed by atoms with Gasteiger partial charge in [-0.25, -0.2) is 0 Å². The lowest BCUT2D eigenvalue weighted by Gasteiger charge is -2.30. The van der Waals surface area contributed by atoms with E-state index < -0.39 is 0 Å². The van der Waals surface area contributed by atoms with Gasteiger partial charge in [0.2, 0.25) is 0 Å². The molecule has 0 aromatic rings.